The Labute approximate surface area is 163 Å². The van der Waals surface area contributed by atoms with Gasteiger partial charge in [-0.3, -0.25) is 4.79 Å². The molecule has 0 aliphatic carbocycles. The summed E-state index contributed by atoms with van der Waals surface area (Å²) in [6.45, 7) is 6.10. The fourth-order valence-corrected chi connectivity index (χ4v) is 3.38. The van der Waals surface area contributed by atoms with E-state index in [4.69, 9.17) is 5.73 Å². The van der Waals surface area contributed by atoms with E-state index in [1.807, 2.05) is 30.7 Å². The van der Waals surface area contributed by atoms with Crippen LogP contribution in [-0.2, 0) is 19.9 Å². The number of nitrogens with zero attached hydrogens (tertiary/aromatic N) is 1. The first-order valence-corrected chi connectivity index (χ1v) is 9.87. The number of hydrogen-bond donors (Lipinski definition) is 2. The van der Waals surface area contributed by atoms with Crippen molar-refractivity contribution in [2.24, 2.45) is 12.8 Å². The molecule has 1 unspecified atom stereocenters. The molecule has 148 valence electrons. The van der Waals surface area contributed by atoms with E-state index in [9.17, 15) is 9.90 Å². The quantitative estimate of drug-likeness (QED) is 0.624. The summed E-state index contributed by atoms with van der Waals surface area (Å²) in [5.74, 6) is 0.201. The van der Waals surface area contributed by atoms with Gasteiger partial charge < -0.3 is 15.4 Å². The van der Waals surface area contributed by atoms with E-state index in [1.165, 1.54) is 16.7 Å². The highest BCUT2D eigenvalue weighted by Crippen LogP contribution is 2.17. The van der Waals surface area contributed by atoms with Crippen molar-refractivity contribution in [3.8, 4) is 0 Å². The SMILES string of the molecule is Cc1ccc(CCCC(=O)c2ccc(CCCC(C)(N)CO)n2C)cc1C. The highest BCUT2D eigenvalue weighted by molar-refractivity contribution is 5.94. The summed E-state index contributed by atoms with van der Waals surface area (Å²) in [4.78, 5) is 12.6. The average Bonchev–Trinajstić information content (AvgIpc) is 2.99. The van der Waals surface area contributed by atoms with Crippen molar-refractivity contribution in [2.45, 2.75) is 64.8 Å². The van der Waals surface area contributed by atoms with Gasteiger partial charge in [-0.15, -0.1) is 0 Å². The van der Waals surface area contributed by atoms with E-state index in [1.54, 1.807) is 0 Å². The van der Waals surface area contributed by atoms with Crippen LogP contribution in [0, 0.1) is 13.8 Å². The second-order valence-electron chi connectivity index (χ2n) is 8.13. The zero-order valence-corrected chi connectivity index (χ0v) is 17.2. The van der Waals surface area contributed by atoms with Crippen LogP contribution in [0.4, 0.5) is 0 Å². The molecular weight excluding hydrogens is 336 g/mol. The Balaban J connectivity index is 1.85. The highest BCUT2D eigenvalue weighted by atomic mass is 16.3. The molecule has 0 bridgehead atoms. The number of nitrogens with two attached hydrogens (primary N) is 1. The molecule has 0 fully saturated rings. The zero-order valence-electron chi connectivity index (χ0n) is 17.2. The summed E-state index contributed by atoms with van der Waals surface area (Å²) in [7, 11) is 1.96. The molecule has 4 heteroatoms. The molecule has 0 radical (unpaired) electrons. The van der Waals surface area contributed by atoms with E-state index < -0.39 is 5.54 Å². The van der Waals surface area contributed by atoms with Crippen molar-refractivity contribution < 1.29 is 9.90 Å². The first kappa shape index (κ1) is 21.4. The van der Waals surface area contributed by atoms with Crippen molar-refractivity contribution in [1.82, 2.24) is 4.57 Å². The molecule has 0 saturated carbocycles. The molecule has 2 aromatic rings. The first-order chi connectivity index (χ1) is 12.7. The number of rotatable bonds is 10. The van der Waals surface area contributed by atoms with Gasteiger partial charge in [0.1, 0.15) is 0 Å². The normalized spacial score (nSPS) is 13.6. The van der Waals surface area contributed by atoms with Gasteiger partial charge >= 0.3 is 0 Å². The number of carbonyl (C=O) groups excluding carboxylic acids is 1. The summed E-state index contributed by atoms with van der Waals surface area (Å²) < 4.78 is 2.01. The number of aliphatic hydroxyl groups is 1. The Kier molecular flexibility index (Phi) is 7.40. The van der Waals surface area contributed by atoms with Crippen molar-refractivity contribution in [3.05, 3.63) is 58.4 Å². The molecule has 2 rings (SSSR count). The van der Waals surface area contributed by atoms with Gasteiger partial charge in [0, 0.05) is 24.7 Å². The van der Waals surface area contributed by atoms with Crippen LogP contribution in [0.5, 0.6) is 0 Å². The maximum atomic E-state index is 12.6. The van der Waals surface area contributed by atoms with Gasteiger partial charge in [-0.25, -0.2) is 0 Å². The predicted octanol–water partition coefficient (Wildman–Crippen LogP) is 3.88. The van der Waals surface area contributed by atoms with Crippen LogP contribution in [0.1, 0.15) is 65.5 Å². The molecule has 0 aliphatic rings. The monoisotopic (exact) mass is 370 g/mol. The fraction of sp³-hybridized carbons (Fsp3) is 0.522. The summed E-state index contributed by atoms with van der Waals surface area (Å²) >= 11 is 0. The molecule has 0 aliphatic heterocycles. The summed E-state index contributed by atoms with van der Waals surface area (Å²) in [5.41, 5.74) is 11.3. The van der Waals surface area contributed by atoms with Gasteiger partial charge in [0.25, 0.3) is 0 Å². The van der Waals surface area contributed by atoms with Crippen LogP contribution in [0.15, 0.2) is 30.3 Å². The fourth-order valence-electron chi connectivity index (χ4n) is 3.38. The molecule has 0 amide bonds. The van der Waals surface area contributed by atoms with Crippen LogP contribution in [0.2, 0.25) is 0 Å². The highest BCUT2D eigenvalue weighted by Gasteiger charge is 2.17. The standard InChI is InChI=1S/C23H34N2O2/c1-17-10-11-19(15-18(17)2)7-5-9-22(27)21-13-12-20(25(21)4)8-6-14-23(3,24)16-26/h10-13,15,26H,5-9,14,16,24H2,1-4H3. The van der Waals surface area contributed by atoms with Gasteiger partial charge in [-0.1, -0.05) is 18.2 Å². The van der Waals surface area contributed by atoms with Gasteiger partial charge in [0.05, 0.1) is 12.3 Å². The van der Waals surface area contributed by atoms with Crippen LogP contribution in [-0.4, -0.2) is 27.6 Å². The molecule has 1 aromatic carbocycles. The minimum Gasteiger partial charge on any atom is -0.394 e. The number of aryl methyl sites for hydroxylation is 4. The smallest absolute Gasteiger partial charge is 0.179 e. The number of aliphatic hydroxyl groups excluding tert-OH is 1. The Morgan fingerprint density at radius 1 is 1.11 bits per heavy atom. The third-order valence-corrected chi connectivity index (χ3v) is 5.49. The number of aromatic nitrogens is 1. The van der Waals surface area contributed by atoms with Crippen LogP contribution >= 0.6 is 0 Å². The lowest BCUT2D eigenvalue weighted by Crippen LogP contribution is -2.40. The number of benzene rings is 1. The Morgan fingerprint density at radius 3 is 2.52 bits per heavy atom. The summed E-state index contributed by atoms with van der Waals surface area (Å²) in [5, 5.41) is 9.24. The number of hydrogen-bond acceptors (Lipinski definition) is 3. The van der Waals surface area contributed by atoms with Crippen molar-refractivity contribution in [2.75, 3.05) is 6.61 Å². The molecule has 1 atom stereocenters. The summed E-state index contributed by atoms with van der Waals surface area (Å²) in [6, 6.07) is 10.5. The third kappa shape index (κ3) is 6.05. The number of carbonyl (C=O) groups is 1. The number of ketones is 1. The Hall–Kier alpha value is -1.91. The Bertz CT molecular complexity index is 775. The summed E-state index contributed by atoms with van der Waals surface area (Å²) in [6.07, 6.45) is 4.87. The van der Waals surface area contributed by atoms with Gasteiger partial charge in [-0.05, 0) is 81.7 Å². The lowest BCUT2D eigenvalue weighted by Gasteiger charge is -2.21. The van der Waals surface area contributed by atoms with Crippen molar-refractivity contribution in [3.63, 3.8) is 0 Å². The van der Waals surface area contributed by atoms with E-state index in [-0.39, 0.29) is 12.4 Å². The minimum absolute atomic E-state index is 0.00954. The van der Waals surface area contributed by atoms with Crippen LogP contribution in [0.3, 0.4) is 0 Å². The zero-order chi connectivity index (χ0) is 20.0. The molecular formula is C23H34N2O2. The maximum absolute atomic E-state index is 12.6. The van der Waals surface area contributed by atoms with E-state index >= 15 is 0 Å². The lowest BCUT2D eigenvalue weighted by atomic mass is 9.97. The van der Waals surface area contributed by atoms with E-state index in [2.05, 4.69) is 32.0 Å². The molecule has 3 N–H and O–H groups in total. The average molecular weight is 371 g/mol. The van der Waals surface area contributed by atoms with Crippen molar-refractivity contribution >= 4 is 5.78 Å². The largest absolute Gasteiger partial charge is 0.394 e. The molecule has 0 spiro atoms. The lowest BCUT2D eigenvalue weighted by molar-refractivity contribution is 0.0972. The van der Waals surface area contributed by atoms with Crippen LogP contribution in [0.25, 0.3) is 0 Å². The molecule has 27 heavy (non-hydrogen) atoms. The minimum atomic E-state index is -0.530. The predicted molar refractivity (Wildman–Crippen MR) is 111 cm³/mol. The maximum Gasteiger partial charge on any atom is 0.179 e. The van der Waals surface area contributed by atoms with E-state index in [0.717, 1.165) is 43.5 Å². The second kappa shape index (κ2) is 9.34. The van der Waals surface area contributed by atoms with Crippen molar-refractivity contribution in [1.29, 1.82) is 0 Å². The molecule has 1 aromatic heterocycles. The van der Waals surface area contributed by atoms with E-state index in [0.29, 0.717) is 6.42 Å². The molecule has 4 nitrogen and oxygen atoms in total. The van der Waals surface area contributed by atoms with Gasteiger partial charge in [-0.2, -0.15) is 0 Å². The third-order valence-electron chi connectivity index (χ3n) is 5.49. The molecule has 1 heterocycles. The van der Waals surface area contributed by atoms with Crippen LogP contribution < -0.4 is 5.73 Å². The van der Waals surface area contributed by atoms with Gasteiger partial charge in [0.15, 0.2) is 5.78 Å². The van der Waals surface area contributed by atoms with Gasteiger partial charge in [0.2, 0.25) is 0 Å². The number of Topliss-reactive ketones (excluding diaryl/α,β-unsaturated/α-hetero) is 1. The topological polar surface area (TPSA) is 68.2 Å². The first-order valence-electron chi connectivity index (χ1n) is 9.87. The Morgan fingerprint density at radius 2 is 1.85 bits per heavy atom. The molecule has 0 saturated heterocycles. The second-order valence-corrected chi connectivity index (χ2v) is 8.13.